The molecule has 1 N–H and O–H groups in total. The number of phenols is 1. The standard InChI is InChI=1S/C15H19N3O2S/c1-4-16-15-18(11(3)10-21-15)17-9-12-6-7-13(19)14(8-12)20-5-2/h6-10,19H,4-5H2,1-3H3. The summed E-state index contributed by atoms with van der Waals surface area (Å²) in [6, 6.07) is 5.16. The molecule has 1 heterocycles. The Morgan fingerprint density at radius 1 is 1.38 bits per heavy atom. The van der Waals surface area contributed by atoms with Crippen molar-refractivity contribution in [1.82, 2.24) is 4.68 Å². The number of aromatic nitrogens is 1. The minimum Gasteiger partial charge on any atom is -0.504 e. The Balaban J connectivity index is 2.32. The molecular weight excluding hydrogens is 286 g/mol. The second-order valence-electron chi connectivity index (χ2n) is 4.35. The maximum absolute atomic E-state index is 9.69. The lowest BCUT2D eigenvalue weighted by Crippen LogP contribution is -2.12. The molecule has 0 unspecified atom stereocenters. The molecule has 0 bridgehead atoms. The van der Waals surface area contributed by atoms with Crippen LogP contribution in [0.5, 0.6) is 11.5 Å². The molecule has 2 rings (SSSR count). The second kappa shape index (κ2) is 7.08. The molecule has 112 valence electrons. The zero-order chi connectivity index (χ0) is 15.2. The van der Waals surface area contributed by atoms with Crippen LogP contribution in [-0.2, 0) is 0 Å². The van der Waals surface area contributed by atoms with Gasteiger partial charge in [0.25, 0.3) is 0 Å². The summed E-state index contributed by atoms with van der Waals surface area (Å²) in [5.41, 5.74) is 1.89. The van der Waals surface area contributed by atoms with Gasteiger partial charge in [-0.1, -0.05) is 0 Å². The average Bonchev–Trinajstić information content (AvgIpc) is 2.81. The molecule has 1 aromatic heterocycles. The Labute approximate surface area is 127 Å². The van der Waals surface area contributed by atoms with Crippen LogP contribution in [0.3, 0.4) is 0 Å². The van der Waals surface area contributed by atoms with Gasteiger partial charge in [-0.3, -0.25) is 4.99 Å². The van der Waals surface area contributed by atoms with Crippen molar-refractivity contribution in [2.75, 3.05) is 13.2 Å². The Hall–Kier alpha value is -2.08. The van der Waals surface area contributed by atoms with Crippen molar-refractivity contribution in [3.05, 3.63) is 39.6 Å². The minimum absolute atomic E-state index is 0.134. The van der Waals surface area contributed by atoms with Crippen molar-refractivity contribution in [2.45, 2.75) is 20.8 Å². The molecule has 0 aliphatic heterocycles. The maximum Gasteiger partial charge on any atom is 0.205 e. The van der Waals surface area contributed by atoms with Crippen LogP contribution in [0.25, 0.3) is 0 Å². The van der Waals surface area contributed by atoms with Crippen molar-refractivity contribution in [1.29, 1.82) is 0 Å². The monoisotopic (exact) mass is 305 g/mol. The molecule has 6 heteroatoms. The maximum atomic E-state index is 9.69. The number of hydrogen-bond donors (Lipinski definition) is 1. The van der Waals surface area contributed by atoms with Crippen LogP contribution in [0.15, 0.2) is 33.7 Å². The molecule has 2 aromatic rings. The van der Waals surface area contributed by atoms with Crippen molar-refractivity contribution < 1.29 is 9.84 Å². The van der Waals surface area contributed by atoms with Crippen molar-refractivity contribution >= 4 is 17.6 Å². The Kier molecular flexibility index (Phi) is 5.16. The van der Waals surface area contributed by atoms with Crippen molar-refractivity contribution in [3.63, 3.8) is 0 Å². The highest BCUT2D eigenvalue weighted by atomic mass is 32.1. The summed E-state index contributed by atoms with van der Waals surface area (Å²) in [4.78, 5) is 5.27. The summed E-state index contributed by atoms with van der Waals surface area (Å²) in [7, 11) is 0. The van der Waals surface area contributed by atoms with Gasteiger partial charge in [-0.05, 0) is 44.5 Å². The summed E-state index contributed by atoms with van der Waals surface area (Å²) in [6.45, 7) is 7.10. The van der Waals surface area contributed by atoms with E-state index in [9.17, 15) is 5.11 Å². The largest absolute Gasteiger partial charge is 0.504 e. The highest BCUT2D eigenvalue weighted by Crippen LogP contribution is 2.26. The van der Waals surface area contributed by atoms with E-state index >= 15 is 0 Å². The van der Waals surface area contributed by atoms with Gasteiger partial charge in [0.2, 0.25) is 4.80 Å². The number of nitrogens with zero attached hydrogens (tertiary/aromatic N) is 3. The predicted octanol–water partition coefficient (Wildman–Crippen LogP) is 2.77. The third-order valence-corrected chi connectivity index (χ3v) is 3.72. The van der Waals surface area contributed by atoms with Crippen LogP contribution in [0, 0.1) is 6.92 Å². The summed E-state index contributed by atoms with van der Waals surface area (Å²) in [6.07, 6.45) is 1.73. The van der Waals surface area contributed by atoms with Crippen LogP contribution in [0.4, 0.5) is 0 Å². The van der Waals surface area contributed by atoms with Crippen LogP contribution >= 0.6 is 11.3 Å². The first-order valence-electron chi connectivity index (χ1n) is 6.83. The number of ether oxygens (including phenoxy) is 1. The van der Waals surface area contributed by atoms with E-state index in [1.165, 1.54) is 0 Å². The van der Waals surface area contributed by atoms with Gasteiger partial charge < -0.3 is 9.84 Å². The Bertz CT molecular complexity index is 701. The van der Waals surface area contributed by atoms with Crippen LogP contribution in [0.1, 0.15) is 25.1 Å². The fourth-order valence-corrected chi connectivity index (χ4v) is 2.65. The van der Waals surface area contributed by atoms with Crippen LogP contribution < -0.4 is 9.54 Å². The van der Waals surface area contributed by atoms with Gasteiger partial charge in [0.1, 0.15) is 0 Å². The molecule has 21 heavy (non-hydrogen) atoms. The summed E-state index contributed by atoms with van der Waals surface area (Å²) in [5, 5.41) is 16.2. The van der Waals surface area contributed by atoms with E-state index in [4.69, 9.17) is 4.74 Å². The minimum atomic E-state index is 0.134. The number of thiazole rings is 1. The molecule has 5 nitrogen and oxygen atoms in total. The number of rotatable bonds is 5. The van der Waals surface area contributed by atoms with Gasteiger partial charge in [-0.2, -0.15) is 5.10 Å². The third-order valence-electron chi connectivity index (χ3n) is 2.75. The highest BCUT2D eigenvalue weighted by molar-refractivity contribution is 7.07. The molecule has 0 saturated carbocycles. The molecule has 0 aliphatic carbocycles. The van der Waals surface area contributed by atoms with E-state index in [0.717, 1.165) is 22.6 Å². The van der Waals surface area contributed by atoms with Gasteiger partial charge >= 0.3 is 0 Å². The van der Waals surface area contributed by atoms with E-state index < -0.39 is 0 Å². The number of phenolic OH excluding ortho intramolecular Hbond substituents is 1. The molecule has 0 amide bonds. The van der Waals surface area contributed by atoms with E-state index in [0.29, 0.717) is 12.4 Å². The van der Waals surface area contributed by atoms with Crippen LogP contribution in [0.2, 0.25) is 0 Å². The van der Waals surface area contributed by atoms with Gasteiger partial charge in [0.05, 0.1) is 18.5 Å². The first kappa shape index (κ1) is 15.3. The number of aromatic hydroxyl groups is 1. The van der Waals surface area contributed by atoms with E-state index in [-0.39, 0.29) is 5.75 Å². The highest BCUT2D eigenvalue weighted by Gasteiger charge is 2.03. The van der Waals surface area contributed by atoms with Gasteiger partial charge in [-0.15, -0.1) is 11.3 Å². The van der Waals surface area contributed by atoms with E-state index in [1.54, 1.807) is 40.4 Å². The zero-order valence-corrected chi connectivity index (χ0v) is 13.2. The molecular formula is C15H19N3O2S. The van der Waals surface area contributed by atoms with Gasteiger partial charge in [-0.25, -0.2) is 4.68 Å². The summed E-state index contributed by atoms with van der Waals surface area (Å²) < 4.78 is 7.17. The average molecular weight is 305 g/mol. The molecule has 1 aromatic carbocycles. The first-order valence-corrected chi connectivity index (χ1v) is 7.71. The lowest BCUT2D eigenvalue weighted by atomic mass is 10.2. The molecule has 0 atom stereocenters. The second-order valence-corrected chi connectivity index (χ2v) is 5.19. The SMILES string of the molecule is CCN=c1scc(C)n1N=Cc1ccc(O)c(OCC)c1. The Morgan fingerprint density at radius 2 is 2.19 bits per heavy atom. The third kappa shape index (κ3) is 3.72. The predicted molar refractivity (Wildman–Crippen MR) is 85.4 cm³/mol. The van der Waals surface area contributed by atoms with Crippen molar-refractivity contribution in [3.8, 4) is 11.5 Å². The van der Waals surface area contributed by atoms with Gasteiger partial charge in [0, 0.05) is 11.9 Å². The normalized spacial score (nSPS) is 12.2. The number of aryl methyl sites for hydroxylation is 1. The Morgan fingerprint density at radius 3 is 2.90 bits per heavy atom. The molecule has 0 radical (unpaired) electrons. The molecule has 0 aliphatic rings. The zero-order valence-electron chi connectivity index (χ0n) is 12.4. The molecule has 0 spiro atoms. The van der Waals surface area contributed by atoms with Crippen LogP contribution in [-0.4, -0.2) is 29.1 Å². The molecule has 0 fully saturated rings. The van der Waals surface area contributed by atoms with E-state index in [2.05, 4.69) is 10.1 Å². The van der Waals surface area contributed by atoms with Gasteiger partial charge in [0.15, 0.2) is 11.5 Å². The summed E-state index contributed by atoms with van der Waals surface area (Å²) in [5.74, 6) is 0.599. The lowest BCUT2D eigenvalue weighted by molar-refractivity contribution is 0.318. The fourth-order valence-electron chi connectivity index (χ4n) is 1.78. The van der Waals surface area contributed by atoms with Crippen molar-refractivity contribution in [2.24, 2.45) is 10.1 Å². The molecule has 0 saturated heterocycles. The number of hydrogen-bond acceptors (Lipinski definition) is 5. The smallest absolute Gasteiger partial charge is 0.205 e. The first-order chi connectivity index (χ1) is 10.2. The number of benzene rings is 1. The quantitative estimate of drug-likeness (QED) is 0.864. The summed E-state index contributed by atoms with van der Waals surface area (Å²) >= 11 is 1.57. The fraction of sp³-hybridized carbons (Fsp3) is 0.333. The topological polar surface area (TPSA) is 59.1 Å². The lowest BCUT2D eigenvalue weighted by Gasteiger charge is -2.06. The van der Waals surface area contributed by atoms with E-state index in [1.807, 2.05) is 26.2 Å².